The van der Waals surface area contributed by atoms with Gasteiger partial charge in [0.15, 0.2) is 0 Å². The monoisotopic (exact) mass is 361 g/mol. The van der Waals surface area contributed by atoms with Gasteiger partial charge in [0.05, 0.1) is 5.56 Å². The number of nitrogens with zero attached hydrogens (tertiary/aromatic N) is 1. The lowest BCUT2D eigenvalue weighted by Gasteiger charge is -2.32. The number of carbonyl (C=O) groups excluding carboxylic acids is 1. The van der Waals surface area contributed by atoms with Gasteiger partial charge < -0.3 is 4.90 Å². The van der Waals surface area contributed by atoms with Gasteiger partial charge in [-0.15, -0.1) is 0 Å². The molecule has 0 N–H and O–H groups in total. The Kier molecular flexibility index (Phi) is 4.73. The molecule has 0 aromatic heterocycles. The fourth-order valence-electron chi connectivity index (χ4n) is 1.96. The molecule has 2 rings (SSSR count). The standard InChI is InChI=1S/C13H16INOS/c1-2-10-9-15(7-8-17-10)13(16)11-5-3-4-6-12(11)14/h3-6,10H,2,7-9H2,1H3. The first-order valence-electron chi connectivity index (χ1n) is 5.87. The van der Waals surface area contributed by atoms with Crippen molar-refractivity contribution < 1.29 is 4.79 Å². The second-order valence-electron chi connectivity index (χ2n) is 4.13. The summed E-state index contributed by atoms with van der Waals surface area (Å²) in [6.45, 7) is 3.97. The van der Waals surface area contributed by atoms with Gasteiger partial charge in [0.2, 0.25) is 0 Å². The lowest BCUT2D eigenvalue weighted by atomic mass is 10.2. The number of amides is 1. The van der Waals surface area contributed by atoms with Crippen LogP contribution in [0.15, 0.2) is 24.3 Å². The molecule has 1 aromatic carbocycles. The minimum Gasteiger partial charge on any atom is -0.337 e. The molecular weight excluding hydrogens is 345 g/mol. The van der Waals surface area contributed by atoms with E-state index in [4.69, 9.17) is 0 Å². The Labute approximate surface area is 120 Å². The summed E-state index contributed by atoms with van der Waals surface area (Å²) in [4.78, 5) is 14.4. The zero-order valence-electron chi connectivity index (χ0n) is 9.86. The van der Waals surface area contributed by atoms with Gasteiger partial charge in [-0.25, -0.2) is 0 Å². The fourth-order valence-corrected chi connectivity index (χ4v) is 3.75. The van der Waals surface area contributed by atoms with Crippen LogP contribution in [0.2, 0.25) is 0 Å². The van der Waals surface area contributed by atoms with E-state index in [0.29, 0.717) is 5.25 Å². The summed E-state index contributed by atoms with van der Waals surface area (Å²) in [5, 5.41) is 0.606. The van der Waals surface area contributed by atoms with Crippen molar-refractivity contribution in [2.24, 2.45) is 0 Å². The van der Waals surface area contributed by atoms with Crippen LogP contribution in [0, 0.1) is 3.57 Å². The number of benzene rings is 1. The number of carbonyl (C=O) groups is 1. The Morgan fingerprint density at radius 2 is 2.29 bits per heavy atom. The lowest BCUT2D eigenvalue weighted by Crippen LogP contribution is -2.42. The molecule has 1 saturated heterocycles. The lowest BCUT2D eigenvalue weighted by molar-refractivity contribution is 0.0760. The molecule has 1 fully saturated rings. The van der Waals surface area contributed by atoms with E-state index >= 15 is 0 Å². The maximum Gasteiger partial charge on any atom is 0.254 e. The van der Waals surface area contributed by atoms with E-state index in [0.717, 1.165) is 34.4 Å². The Balaban J connectivity index is 2.12. The Hall–Kier alpha value is -0.230. The zero-order chi connectivity index (χ0) is 12.3. The highest BCUT2D eigenvalue weighted by Gasteiger charge is 2.24. The highest BCUT2D eigenvalue weighted by molar-refractivity contribution is 14.1. The van der Waals surface area contributed by atoms with E-state index in [1.165, 1.54) is 0 Å². The molecule has 0 spiro atoms. The van der Waals surface area contributed by atoms with E-state index in [9.17, 15) is 4.79 Å². The van der Waals surface area contributed by atoms with Crippen molar-refractivity contribution in [1.29, 1.82) is 0 Å². The molecule has 2 nitrogen and oxygen atoms in total. The summed E-state index contributed by atoms with van der Waals surface area (Å²) in [6, 6.07) is 7.82. The molecule has 4 heteroatoms. The maximum absolute atomic E-state index is 12.4. The average Bonchev–Trinajstić information content (AvgIpc) is 2.38. The molecule has 17 heavy (non-hydrogen) atoms. The number of rotatable bonds is 2. The van der Waals surface area contributed by atoms with Crippen molar-refractivity contribution in [1.82, 2.24) is 4.90 Å². The van der Waals surface area contributed by atoms with E-state index in [2.05, 4.69) is 29.5 Å². The summed E-state index contributed by atoms with van der Waals surface area (Å²) < 4.78 is 1.04. The molecule has 0 radical (unpaired) electrons. The number of halogens is 1. The highest BCUT2D eigenvalue weighted by Crippen LogP contribution is 2.23. The van der Waals surface area contributed by atoms with Gasteiger partial charge in [-0.05, 0) is 41.1 Å². The van der Waals surface area contributed by atoms with E-state index in [1.807, 2.05) is 40.9 Å². The molecule has 1 aromatic rings. The minimum atomic E-state index is 0.189. The van der Waals surface area contributed by atoms with Gasteiger partial charge >= 0.3 is 0 Å². The molecule has 0 aliphatic carbocycles. The first-order chi connectivity index (χ1) is 8.22. The van der Waals surface area contributed by atoms with Crippen molar-refractivity contribution in [2.45, 2.75) is 18.6 Å². The molecule has 1 aliphatic rings. The second kappa shape index (κ2) is 6.09. The van der Waals surface area contributed by atoms with Crippen LogP contribution >= 0.6 is 34.4 Å². The van der Waals surface area contributed by atoms with Crippen molar-refractivity contribution >= 4 is 40.3 Å². The Bertz CT molecular complexity index is 410. The van der Waals surface area contributed by atoms with Crippen LogP contribution in [0.5, 0.6) is 0 Å². The molecule has 1 amide bonds. The summed E-state index contributed by atoms with van der Waals surface area (Å²) in [5.74, 6) is 1.25. The highest BCUT2D eigenvalue weighted by atomic mass is 127. The van der Waals surface area contributed by atoms with Crippen LogP contribution in [0.4, 0.5) is 0 Å². The van der Waals surface area contributed by atoms with Gasteiger partial charge in [-0.1, -0.05) is 19.1 Å². The summed E-state index contributed by atoms with van der Waals surface area (Å²) >= 11 is 4.22. The van der Waals surface area contributed by atoms with E-state index in [1.54, 1.807) is 0 Å². The van der Waals surface area contributed by atoms with Crippen LogP contribution in [0.3, 0.4) is 0 Å². The van der Waals surface area contributed by atoms with E-state index in [-0.39, 0.29) is 5.91 Å². The van der Waals surface area contributed by atoms with Crippen LogP contribution in [0.1, 0.15) is 23.7 Å². The molecule has 1 heterocycles. The number of hydrogen-bond acceptors (Lipinski definition) is 2. The summed E-state index contributed by atoms with van der Waals surface area (Å²) in [6.07, 6.45) is 1.14. The normalized spacial score (nSPS) is 20.4. The summed E-state index contributed by atoms with van der Waals surface area (Å²) in [5.41, 5.74) is 0.842. The van der Waals surface area contributed by atoms with Crippen LogP contribution in [0.25, 0.3) is 0 Å². The van der Waals surface area contributed by atoms with Gasteiger partial charge in [0.25, 0.3) is 5.91 Å². The molecule has 0 bridgehead atoms. The zero-order valence-corrected chi connectivity index (χ0v) is 12.8. The minimum absolute atomic E-state index is 0.189. The third-order valence-electron chi connectivity index (χ3n) is 2.99. The van der Waals surface area contributed by atoms with Crippen molar-refractivity contribution in [2.75, 3.05) is 18.8 Å². The smallest absolute Gasteiger partial charge is 0.254 e. The Morgan fingerprint density at radius 3 is 3.00 bits per heavy atom. The fraction of sp³-hybridized carbons (Fsp3) is 0.462. The van der Waals surface area contributed by atoms with Gasteiger partial charge in [-0.3, -0.25) is 4.79 Å². The van der Waals surface area contributed by atoms with Crippen molar-refractivity contribution in [3.63, 3.8) is 0 Å². The third-order valence-corrected chi connectivity index (χ3v) is 5.30. The van der Waals surface area contributed by atoms with Crippen molar-refractivity contribution in [3.05, 3.63) is 33.4 Å². The predicted octanol–water partition coefficient (Wildman–Crippen LogP) is 3.26. The van der Waals surface area contributed by atoms with Gasteiger partial charge in [0, 0.05) is 27.7 Å². The quantitative estimate of drug-likeness (QED) is 0.754. The second-order valence-corrected chi connectivity index (χ2v) is 6.70. The van der Waals surface area contributed by atoms with E-state index < -0.39 is 0 Å². The predicted molar refractivity (Wildman–Crippen MR) is 81.6 cm³/mol. The first kappa shape index (κ1) is 13.2. The third kappa shape index (κ3) is 3.16. The maximum atomic E-state index is 12.4. The topological polar surface area (TPSA) is 20.3 Å². The van der Waals surface area contributed by atoms with Crippen LogP contribution in [-0.4, -0.2) is 34.9 Å². The van der Waals surface area contributed by atoms with Crippen molar-refractivity contribution in [3.8, 4) is 0 Å². The molecule has 1 aliphatic heterocycles. The largest absolute Gasteiger partial charge is 0.337 e. The number of hydrogen-bond donors (Lipinski definition) is 0. The van der Waals surface area contributed by atoms with Gasteiger partial charge in [0.1, 0.15) is 0 Å². The first-order valence-corrected chi connectivity index (χ1v) is 8.00. The molecule has 1 atom stereocenters. The number of thioether (sulfide) groups is 1. The van der Waals surface area contributed by atoms with Crippen LogP contribution < -0.4 is 0 Å². The molecule has 0 saturated carbocycles. The molecular formula is C13H16INOS. The molecule has 1 unspecified atom stereocenters. The van der Waals surface area contributed by atoms with Gasteiger partial charge in [-0.2, -0.15) is 11.8 Å². The SMILES string of the molecule is CCC1CN(C(=O)c2ccccc2I)CCS1. The molecule has 92 valence electrons. The summed E-state index contributed by atoms with van der Waals surface area (Å²) in [7, 11) is 0. The average molecular weight is 361 g/mol. The Morgan fingerprint density at radius 1 is 1.53 bits per heavy atom. The van der Waals surface area contributed by atoms with Crippen LogP contribution in [-0.2, 0) is 0 Å².